The van der Waals surface area contributed by atoms with E-state index in [9.17, 15) is 0 Å². The van der Waals surface area contributed by atoms with Crippen molar-refractivity contribution in [2.75, 3.05) is 23.7 Å². The van der Waals surface area contributed by atoms with Gasteiger partial charge in [-0.05, 0) is 18.3 Å². The minimum atomic E-state index is 0.397. The molecule has 0 unspecified atom stereocenters. The van der Waals surface area contributed by atoms with Gasteiger partial charge in [-0.3, -0.25) is 0 Å². The molecule has 1 aliphatic rings. The average molecular weight is 209 g/mol. The van der Waals surface area contributed by atoms with Crippen LogP contribution in [0.4, 0.5) is 11.9 Å². The maximum atomic E-state index is 5.51. The van der Waals surface area contributed by atoms with Crippen molar-refractivity contribution in [3.63, 3.8) is 0 Å². The van der Waals surface area contributed by atoms with E-state index in [0.717, 1.165) is 19.0 Å². The minimum absolute atomic E-state index is 0.397. The SMILES string of the molecule is CCC1(C)CCN(c2n[nH]c(N)n2)CC1. The van der Waals surface area contributed by atoms with Crippen LogP contribution in [-0.2, 0) is 0 Å². The molecule has 1 aromatic rings. The zero-order valence-electron chi connectivity index (χ0n) is 9.45. The molecule has 1 aliphatic heterocycles. The number of nitrogens with two attached hydrogens (primary N) is 1. The van der Waals surface area contributed by atoms with E-state index < -0.39 is 0 Å². The van der Waals surface area contributed by atoms with Gasteiger partial charge in [0.2, 0.25) is 11.9 Å². The zero-order valence-corrected chi connectivity index (χ0v) is 9.45. The standard InChI is InChI=1S/C10H19N5/c1-3-10(2)4-6-15(7-5-10)9-12-8(11)13-14-9/h3-7H2,1-2H3,(H3,11,12,13,14). The molecule has 0 aromatic carbocycles. The Morgan fingerprint density at radius 1 is 1.47 bits per heavy atom. The van der Waals surface area contributed by atoms with E-state index in [1.54, 1.807) is 0 Å². The molecule has 0 aliphatic carbocycles. The Morgan fingerprint density at radius 2 is 2.13 bits per heavy atom. The van der Waals surface area contributed by atoms with Gasteiger partial charge in [-0.25, -0.2) is 5.10 Å². The van der Waals surface area contributed by atoms with Crippen molar-refractivity contribution in [3.05, 3.63) is 0 Å². The number of nitrogens with one attached hydrogen (secondary N) is 1. The molecule has 84 valence electrons. The van der Waals surface area contributed by atoms with Crippen molar-refractivity contribution >= 4 is 11.9 Å². The molecular formula is C10H19N5. The Morgan fingerprint density at radius 3 is 2.60 bits per heavy atom. The molecule has 0 saturated carbocycles. The van der Waals surface area contributed by atoms with Crippen LogP contribution in [0.3, 0.4) is 0 Å². The number of nitrogens with zero attached hydrogens (tertiary/aromatic N) is 3. The highest BCUT2D eigenvalue weighted by Crippen LogP contribution is 2.34. The van der Waals surface area contributed by atoms with Crippen molar-refractivity contribution in [2.45, 2.75) is 33.1 Å². The van der Waals surface area contributed by atoms with Crippen LogP contribution in [-0.4, -0.2) is 28.3 Å². The summed E-state index contributed by atoms with van der Waals surface area (Å²) in [5, 5.41) is 6.75. The van der Waals surface area contributed by atoms with Crippen LogP contribution in [0.5, 0.6) is 0 Å². The maximum Gasteiger partial charge on any atom is 0.246 e. The Hall–Kier alpha value is -1.26. The molecule has 0 atom stereocenters. The summed E-state index contributed by atoms with van der Waals surface area (Å²) >= 11 is 0. The fourth-order valence-electron chi connectivity index (χ4n) is 2.01. The van der Waals surface area contributed by atoms with Crippen LogP contribution < -0.4 is 10.6 Å². The molecule has 0 spiro atoms. The lowest BCUT2D eigenvalue weighted by atomic mass is 9.78. The summed E-state index contributed by atoms with van der Waals surface area (Å²) < 4.78 is 0. The lowest BCUT2D eigenvalue weighted by Gasteiger charge is -2.38. The predicted molar refractivity (Wildman–Crippen MR) is 60.6 cm³/mol. The second-order valence-electron chi connectivity index (χ2n) is 4.67. The minimum Gasteiger partial charge on any atom is -0.368 e. The molecule has 5 heteroatoms. The number of H-pyrrole nitrogens is 1. The van der Waals surface area contributed by atoms with E-state index in [2.05, 4.69) is 33.9 Å². The first-order valence-electron chi connectivity index (χ1n) is 5.56. The van der Waals surface area contributed by atoms with Gasteiger partial charge in [0.15, 0.2) is 0 Å². The molecule has 0 bridgehead atoms. The summed E-state index contributed by atoms with van der Waals surface area (Å²) in [6.45, 7) is 6.68. The average Bonchev–Trinajstić information content (AvgIpc) is 2.66. The molecule has 2 rings (SSSR count). The van der Waals surface area contributed by atoms with Crippen LogP contribution in [0.25, 0.3) is 0 Å². The molecule has 0 amide bonds. The maximum absolute atomic E-state index is 5.51. The van der Waals surface area contributed by atoms with Gasteiger partial charge in [0.1, 0.15) is 0 Å². The third kappa shape index (κ3) is 2.06. The van der Waals surface area contributed by atoms with E-state index in [4.69, 9.17) is 5.73 Å². The Bertz CT molecular complexity index is 324. The largest absolute Gasteiger partial charge is 0.368 e. The van der Waals surface area contributed by atoms with Gasteiger partial charge in [0.25, 0.3) is 0 Å². The molecule has 3 N–H and O–H groups in total. The number of hydrogen-bond donors (Lipinski definition) is 2. The van der Waals surface area contributed by atoms with Crippen molar-refractivity contribution < 1.29 is 0 Å². The van der Waals surface area contributed by atoms with Crippen molar-refractivity contribution in [1.29, 1.82) is 0 Å². The molecule has 1 aromatic heterocycles. The molecule has 0 radical (unpaired) electrons. The quantitative estimate of drug-likeness (QED) is 0.772. The Labute approximate surface area is 90.1 Å². The van der Waals surface area contributed by atoms with E-state index in [0.29, 0.717) is 11.4 Å². The summed E-state index contributed by atoms with van der Waals surface area (Å²) in [6.07, 6.45) is 3.66. The highest BCUT2D eigenvalue weighted by molar-refractivity contribution is 5.34. The van der Waals surface area contributed by atoms with Crippen molar-refractivity contribution in [1.82, 2.24) is 15.2 Å². The van der Waals surface area contributed by atoms with Crippen LogP contribution in [0.15, 0.2) is 0 Å². The van der Waals surface area contributed by atoms with Crippen LogP contribution >= 0.6 is 0 Å². The predicted octanol–water partition coefficient (Wildman–Crippen LogP) is 1.40. The Kier molecular flexibility index (Phi) is 2.54. The third-order valence-corrected chi connectivity index (χ3v) is 3.60. The molecular weight excluding hydrogens is 190 g/mol. The van der Waals surface area contributed by atoms with E-state index in [1.165, 1.54) is 19.3 Å². The number of anilines is 2. The molecule has 5 nitrogen and oxygen atoms in total. The van der Waals surface area contributed by atoms with E-state index in [1.807, 2.05) is 0 Å². The number of hydrogen-bond acceptors (Lipinski definition) is 4. The summed E-state index contributed by atoms with van der Waals surface area (Å²) in [6, 6.07) is 0. The zero-order chi connectivity index (χ0) is 10.9. The highest BCUT2D eigenvalue weighted by atomic mass is 15.4. The summed E-state index contributed by atoms with van der Waals surface area (Å²) in [7, 11) is 0. The van der Waals surface area contributed by atoms with Gasteiger partial charge in [0.05, 0.1) is 0 Å². The monoisotopic (exact) mass is 209 g/mol. The van der Waals surface area contributed by atoms with Gasteiger partial charge in [-0.15, -0.1) is 5.10 Å². The number of nitrogen functional groups attached to an aromatic ring is 1. The summed E-state index contributed by atoms with van der Waals surface area (Å²) in [5.74, 6) is 1.14. The fraction of sp³-hybridized carbons (Fsp3) is 0.800. The lowest BCUT2D eigenvalue weighted by Crippen LogP contribution is -2.39. The normalized spacial score (nSPS) is 20.5. The van der Waals surface area contributed by atoms with Crippen molar-refractivity contribution in [3.8, 4) is 0 Å². The van der Waals surface area contributed by atoms with Crippen LogP contribution in [0.1, 0.15) is 33.1 Å². The van der Waals surface area contributed by atoms with Gasteiger partial charge >= 0.3 is 0 Å². The molecule has 1 saturated heterocycles. The van der Waals surface area contributed by atoms with Gasteiger partial charge in [-0.1, -0.05) is 20.3 Å². The number of piperidine rings is 1. The van der Waals surface area contributed by atoms with Crippen molar-refractivity contribution in [2.24, 2.45) is 5.41 Å². The third-order valence-electron chi connectivity index (χ3n) is 3.60. The highest BCUT2D eigenvalue weighted by Gasteiger charge is 2.29. The fourth-order valence-corrected chi connectivity index (χ4v) is 2.01. The second kappa shape index (κ2) is 3.72. The first kappa shape index (κ1) is 10.3. The van der Waals surface area contributed by atoms with Gasteiger partial charge < -0.3 is 10.6 Å². The van der Waals surface area contributed by atoms with E-state index >= 15 is 0 Å². The molecule has 2 heterocycles. The van der Waals surface area contributed by atoms with E-state index in [-0.39, 0.29) is 0 Å². The van der Waals surface area contributed by atoms with Crippen LogP contribution in [0.2, 0.25) is 0 Å². The van der Waals surface area contributed by atoms with Gasteiger partial charge in [0, 0.05) is 13.1 Å². The first-order valence-corrected chi connectivity index (χ1v) is 5.56. The van der Waals surface area contributed by atoms with Gasteiger partial charge in [-0.2, -0.15) is 4.98 Å². The summed E-state index contributed by atoms with van der Waals surface area (Å²) in [5.41, 5.74) is 6.01. The number of aromatic amines is 1. The molecule has 1 fully saturated rings. The molecule has 15 heavy (non-hydrogen) atoms. The van der Waals surface area contributed by atoms with Crippen LogP contribution in [0, 0.1) is 5.41 Å². The summed E-state index contributed by atoms with van der Waals surface area (Å²) in [4.78, 5) is 6.34. The topological polar surface area (TPSA) is 70.8 Å². The first-order chi connectivity index (χ1) is 7.13. The number of rotatable bonds is 2. The Balaban J connectivity index is 1.99. The second-order valence-corrected chi connectivity index (χ2v) is 4.67. The smallest absolute Gasteiger partial charge is 0.246 e. The lowest BCUT2D eigenvalue weighted by molar-refractivity contribution is 0.237. The number of aromatic nitrogens is 3.